The van der Waals surface area contributed by atoms with Gasteiger partial charge in [0.15, 0.2) is 5.96 Å². The fourth-order valence-corrected chi connectivity index (χ4v) is 2.78. The number of halogens is 3. The minimum absolute atomic E-state index is 0.138. The minimum atomic E-state index is -4.13. The molecule has 0 aromatic rings. The molecule has 1 fully saturated rings. The van der Waals surface area contributed by atoms with E-state index in [2.05, 4.69) is 29.5 Å². The van der Waals surface area contributed by atoms with Crippen molar-refractivity contribution in [3.8, 4) is 0 Å². The summed E-state index contributed by atoms with van der Waals surface area (Å²) in [4.78, 5) is 3.98. The van der Waals surface area contributed by atoms with Gasteiger partial charge in [0.05, 0.1) is 6.42 Å². The SMILES string of the molecule is CN=C(NCCC(F)(F)F)NC1CC(C)CC(C)C1. The molecule has 0 heterocycles. The first kappa shape index (κ1) is 16.1. The lowest BCUT2D eigenvalue weighted by molar-refractivity contribution is -0.132. The van der Waals surface area contributed by atoms with Crippen molar-refractivity contribution < 1.29 is 13.2 Å². The molecule has 1 rings (SSSR count). The first-order chi connectivity index (χ1) is 8.80. The molecule has 3 nitrogen and oxygen atoms in total. The summed E-state index contributed by atoms with van der Waals surface area (Å²) in [5.74, 6) is 1.76. The highest BCUT2D eigenvalue weighted by Crippen LogP contribution is 2.28. The zero-order valence-corrected chi connectivity index (χ0v) is 11.8. The number of rotatable bonds is 3. The lowest BCUT2D eigenvalue weighted by Crippen LogP contribution is -2.46. The van der Waals surface area contributed by atoms with Crippen LogP contribution in [0.4, 0.5) is 13.2 Å². The summed E-state index contributed by atoms with van der Waals surface area (Å²) in [6, 6.07) is 0.302. The molecule has 6 heteroatoms. The summed E-state index contributed by atoms with van der Waals surface area (Å²) in [7, 11) is 1.58. The van der Waals surface area contributed by atoms with Crippen LogP contribution in [0.25, 0.3) is 0 Å². The Morgan fingerprint density at radius 2 is 1.74 bits per heavy atom. The van der Waals surface area contributed by atoms with Crippen LogP contribution >= 0.6 is 0 Å². The first-order valence-electron chi connectivity index (χ1n) is 6.84. The van der Waals surface area contributed by atoms with Gasteiger partial charge in [0.2, 0.25) is 0 Å². The highest BCUT2D eigenvalue weighted by atomic mass is 19.4. The fraction of sp³-hybridized carbons (Fsp3) is 0.923. The van der Waals surface area contributed by atoms with E-state index in [4.69, 9.17) is 0 Å². The van der Waals surface area contributed by atoms with Crippen molar-refractivity contribution in [1.82, 2.24) is 10.6 Å². The summed E-state index contributed by atoms with van der Waals surface area (Å²) >= 11 is 0. The van der Waals surface area contributed by atoms with Crippen molar-refractivity contribution in [3.05, 3.63) is 0 Å². The average molecular weight is 279 g/mol. The van der Waals surface area contributed by atoms with Gasteiger partial charge in [-0.15, -0.1) is 0 Å². The second-order valence-electron chi connectivity index (χ2n) is 5.62. The van der Waals surface area contributed by atoms with E-state index in [1.807, 2.05) is 0 Å². The Hall–Kier alpha value is -0.940. The molecule has 1 aliphatic rings. The number of hydrogen-bond donors (Lipinski definition) is 2. The third-order valence-corrected chi connectivity index (χ3v) is 3.44. The Kier molecular flexibility index (Phi) is 5.94. The molecule has 19 heavy (non-hydrogen) atoms. The van der Waals surface area contributed by atoms with Crippen LogP contribution in [0.5, 0.6) is 0 Å². The largest absolute Gasteiger partial charge is 0.390 e. The maximum Gasteiger partial charge on any atom is 0.390 e. The van der Waals surface area contributed by atoms with Gasteiger partial charge in [-0.1, -0.05) is 13.8 Å². The van der Waals surface area contributed by atoms with Gasteiger partial charge in [0, 0.05) is 19.6 Å². The third kappa shape index (κ3) is 6.68. The molecule has 2 unspecified atom stereocenters. The second kappa shape index (κ2) is 7.01. The average Bonchev–Trinajstić information content (AvgIpc) is 2.24. The number of hydrogen-bond acceptors (Lipinski definition) is 1. The number of aliphatic imine (C=N–C) groups is 1. The monoisotopic (exact) mass is 279 g/mol. The van der Waals surface area contributed by atoms with E-state index in [9.17, 15) is 13.2 Å². The van der Waals surface area contributed by atoms with E-state index >= 15 is 0 Å². The van der Waals surface area contributed by atoms with E-state index in [0.717, 1.165) is 12.8 Å². The van der Waals surface area contributed by atoms with Crippen LogP contribution in [-0.4, -0.2) is 31.8 Å². The number of nitrogens with one attached hydrogen (secondary N) is 2. The smallest absolute Gasteiger partial charge is 0.356 e. The van der Waals surface area contributed by atoms with Crippen LogP contribution in [0.2, 0.25) is 0 Å². The maximum absolute atomic E-state index is 12.1. The molecule has 2 atom stereocenters. The predicted octanol–water partition coefficient (Wildman–Crippen LogP) is 2.93. The molecule has 0 spiro atoms. The highest BCUT2D eigenvalue weighted by Gasteiger charge is 2.27. The summed E-state index contributed by atoms with van der Waals surface area (Å²) < 4.78 is 36.2. The Labute approximate surface area is 113 Å². The maximum atomic E-state index is 12.1. The first-order valence-corrected chi connectivity index (χ1v) is 6.84. The molecule has 0 aromatic carbocycles. The summed E-state index contributed by atoms with van der Waals surface area (Å²) in [5, 5.41) is 5.95. The Morgan fingerprint density at radius 1 is 1.16 bits per heavy atom. The van der Waals surface area contributed by atoms with Crippen LogP contribution in [0.15, 0.2) is 4.99 Å². The van der Waals surface area contributed by atoms with Gasteiger partial charge in [-0.2, -0.15) is 13.2 Å². The summed E-state index contributed by atoms with van der Waals surface area (Å²) in [6.07, 6.45) is -1.65. The normalized spacial score (nSPS) is 29.2. The molecule has 0 amide bonds. The van der Waals surface area contributed by atoms with Crippen LogP contribution in [0.1, 0.15) is 39.5 Å². The fourth-order valence-electron chi connectivity index (χ4n) is 2.78. The zero-order valence-electron chi connectivity index (χ0n) is 11.8. The topological polar surface area (TPSA) is 36.4 Å². The molecular weight excluding hydrogens is 255 g/mol. The van der Waals surface area contributed by atoms with Gasteiger partial charge >= 0.3 is 6.18 Å². The summed E-state index contributed by atoms with van der Waals surface area (Å²) in [5.41, 5.74) is 0. The van der Waals surface area contributed by atoms with Gasteiger partial charge in [0.1, 0.15) is 0 Å². The molecule has 0 aromatic heterocycles. The van der Waals surface area contributed by atoms with E-state index in [-0.39, 0.29) is 6.54 Å². The Balaban J connectivity index is 2.36. The summed E-state index contributed by atoms with van der Waals surface area (Å²) in [6.45, 7) is 4.29. The molecule has 112 valence electrons. The van der Waals surface area contributed by atoms with Crippen LogP contribution in [0, 0.1) is 11.8 Å². The molecule has 1 saturated carbocycles. The molecular formula is C13H24F3N3. The van der Waals surface area contributed by atoms with Crippen molar-refractivity contribution >= 4 is 5.96 Å². The number of alkyl halides is 3. The van der Waals surface area contributed by atoms with Crippen molar-refractivity contribution in [3.63, 3.8) is 0 Å². The highest BCUT2D eigenvalue weighted by molar-refractivity contribution is 5.79. The lowest BCUT2D eigenvalue weighted by atomic mass is 9.80. The lowest BCUT2D eigenvalue weighted by Gasteiger charge is -2.32. The Bertz CT molecular complexity index is 292. The van der Waals surface area contributed by atoms with Gasteiger partial charge in [-0.05, 0) is 31.1 Å². The van der Waals surface area contributed by atoms with E-state index in [1.54, 1.807) is 7.05 Å². The van der Waals surface area contributed by atoms with Crippen molar-refractivity contribution in [2.24, 2.45) is 16.8 Å². The molecule has 2 N–H and O–H groups in total. The van der Waals surface area contributed by atoms with E-state index in [1.165, 1.54) is 6.42 Å². The van der Waals surface area contributed by atoms with Crippen molar-refractivity contribution in [1.29, 1.82) is 0 Å². The minimum Gasteiger partial charge on any atom is -0.356 e. The van der Waals surface area contributed by atoms with Crippen LogP contribution in [-0.2, 0) is 0 Å². The predicted molar refractivity (Wildman–Crippen MR) is 71.1 cm³/mol. The van der Waals surface area contributed by atoms with E-state index in [0.29, 0.717) is 23.8 Å². The van der Waals surface area contributed by atoms with Gasteiger partial charge in [-0.25, -0.2) is 0 Å². The Morgan fingerprint density at radius 3 is 2.21 bits per heavy atom. The second-order valence-corrected chi connectivity index (χ2v) is 5.62. The van der Waals surface area contributed by atoms with Gasteiger partial charge < -0.3 is 10.6 Å². The molecule has 1 aliphatic carbocycles. The van der Waals surface area contributed by atoms with Crippen molar-refractivity contribution in [2.45, 2.75) is 51.7 Å². The van der Waals surface area contributed by atoms with E-state index < -0.39 is 12.6 Å². The zero-order chi connectivity index (χ0) is 14.5. The number of guanidine groups is 1. The van der Waals surface area contributed by atoms with Gasteiger partial charge in [0.25, 0.3) is 0 Å². The standard InChI is InChI=1S/C13H24F3N3/c1-9-6-10(2)8-11(7-9)19-12(17-3)18-5-4-13(14,15)16/h9-11H,4-8H2,1-3H3,(H2,17,18,19). The molecule has 0 bridgehead atoms. The quantitative estimate of drug-likeness (QED) is 0.615. The van der Waals surface area contributed by atoms with Crippen LogP contribution in [0.3, 0.4) is 0 Å². The van der Waals surface area contributed by atoms with Crippen LogP contribution < -0.4 is 10.6 Å². The van der Waals surface area contributed by atoms with Gasteiger partial charge in [-0.3, -0.25) is 4.99 Å². The van der Waals surface area contributed by atoms with Crippen molar-refractivity contribution in [2.75, 3.05) is 13.6 Å². The molecule has 0 radical (unpaired) electrons. The molecule has 0 saturated heterocycles. The third-order valence-electron chi connectivity index (χ3n) is 3.44. The number of nitrogens with zero attached hydrogens (tertiary/aromatic N) is 1. The molecule has 0 aliphatic heterocycles.